The van der Waals surface area contributed by atoms with Crippen LogP contribution in [0.1, 0.15) is 25.7 Å². The number of allylic oxidation sites excluding steroid dienone is 4. The van der Waals surface area contributed by atoms with Gasteiger partial charge in [0.2, 0.25) is 5.91 Å². The third-order valence-corrected chi connectivity index (χ3v) is 3.97. The van der Waals surface area contributed by atoms with Crippen LogP contribution in [0.5, 0.6) is 0 Å². The molecule has 0 bridgehead atoms. The summed E-state index contributed by atoms with van der Waals surface area (Å²) in [6, 6.07) is 0.0332. The van der Waals surface area contributed by atoms with E-state index in [1.165, 1.54) is 6.42 Å². The van der Waals surface area contributed by atoms with Gasteiger partial charge in [-0.05, 0) is 44.5 Å². The molecule has 0 spiro atoms. The van der Waals surface area contributed by atoms with Crippen molar-refractivity contribution in [3.05, 3.63) is 34.9 Å². The van der Waals surface area contributed by atoms with Crippen molar-refractivity contribution in [3.8, 4) is 0 Å². The molecular formula is C15H21ClN2O. The fraction of sp³-hybridized carbons (Fsp3) is 0.533. The first-order valence-electron chi connectivity index (χ1n) is 6.87. The fourth-order valence-corrected chi connectivity index (χ4v) is 2.64. The number of hydrogen-bond acceptors (Lipinski definition) is 2. The highest BCUT2D eigenvalue weighted by Gasteiger charge is 2.25. The van der Waals surface area contributed by atoms with Crippen LogP contribution in [-0.2, 0) is 4.79 Å². The van der Waals surface area contributed by atoms with Gasteiger partial charge >= 0.3 is 0 Å². The van der Waals surface area contributed by atoms with Crippen LogP contribution in [0.4, 0.5) is 0 Å². The van der Waals surface area contributed by atoms with E-state index in [1.807, 2.05) is 25.3 Å². The van der Waals surface area contributed by atoms with Gasteiger partial charge in [0.05, 0.1) is 6.04 Å². The summed E-state index contributed by atoms with van der Waals surface area (Å²) in [7, 11) is 2.03. The smallest absolute Gasteiger partial charge is 0.237 e. The van der Waals surface area contributed by atoms with Gasteiger partial charge in [0, 0.05) is 11.6 Å². The topological polar surface area (TPSA) is 32.3 Å². The minimum absolute atomic E-state index is 0.0332. The Bertz CT molecular complexity index is 426. The maximum Gasteiger partial charge on any atom is 0.237 e. The number of piperidine rings is 1. The lowest BCUT2D eigenvalue weighted by molar-refractivity contribution is -0.126. The van der Waals surface area contributed by atoms with Crippen molar-refractivity contribution in [2.75, 3.05) is 20.1 Å². The molecule has 2 aliphatic rings. The molecule has 1 unspecified atom stereocenters. The van der Waals surface area contributed by atoms with Crippen LogP contribution in [-0.4, -0.2) is 37.0 Å². The molecule has 0 aromatic carbocycles. The molecule has 1 saturated heterocycles. The molecule has 1 atom stereocenters. The molecule has 0 saturated carbocycles. The standard InChI is InChI=1S/C15H21ClN2O/c1-18-10-3-2-7-14(18)15(19)17-11-12-5-4-6-13(16)9-8-12/h5-6,8-9,14H,2-4,7,10-11H2,1H3,(H,17,19). The average Bonchev–Trinajstić information content (AvgIpc) is 2.61. The Hall–Kier alpha value is -1.06. The molecule has 1 fully saturated rings. The van der Waals surface area contributed by atoms with E-state index < -0.39 is 0 Å². The minimum atomic E-state index is 0.0332. The van der Waals surface area contributed by atoms with E-state index in [9.17, 15) is 4.79 Å². The van der Waals surface area contributed by atoms with Gasteiger partial charge in [0.15, 0.2) is 0 Å². The Morgan fingerprint density at radius 3 is 3.05 bits per heavy atom. The zero-order chi connectivity index (χ0) is 13.7. The number of likely N-dealkylation sites (tertiary alicyclic amines) is 1. The lowest BCUT2D eigenvalue weighted by Gasteiger charge is -2.31. The molecule has 1 aliphatic heterocycles. The molecule has 0 aromatic heterocycles. The summed E-state index contributed by atoms with van der Waals surface area (Å²) in [5.74, 6) is 0.139. The van der Waals surface area contributed by atoms with Gasteiger partial charge in [-0.1, -0.05) is 36.2 Å². The normalized spacial score (nSPS) is 24.4. The van der Waals surface area contributed by atoms with Crippen molar-refractivity contribution in [2.45, 2.75) is 31.7 Å². The van der Waals surface area contributed by atoms with Crippen LogP contribution in [0.3, 0.4) is 0 Å². The van der Waals surface area contributed by atoms with Crippen molar-refractivity contribution in [1.29, 1.82) is 0 Å². The molecule has 1 amide bonds. The van der Waals surface area contributed by atoms with Gasteiger partial charge in [-0.3, -0.25) is 9.69 Å². The Labute approximate surface area is 120 Å². The molecule has 3 nitrogen and oxygen atoms in total. The highest BCUT2D eigenvalue weighted by Crippen LogP contribution is 2.16. The monoisotopic (exact) mass is 280 g/mol. The molecule has 4 heteroatoms. The number of likely N-dealkylation sites (N-methyl/N-ethyl adjacent to an activating group) is 1. The first-order valence-corrected chi connectivity index (χ1v) is 7.25. The molecule has 2 rings (SSSR count). The van der Waals surface area contributed by atoms with Crippen molar-refractivity contribution in [2.24, 2.45) is 0 Å². The SMILES string of the molecule is CN1CCCCC1C(=O)NCC1=CCC=C(Cl)C=C1. The molecule has 1 N–H and O–H groups in total. The van der Waals surface area contributed by atoms with E-state index in [0.717, 1.165) is 36.4 Å². The molecule has 104 valence electrons. The number of carbonyl (C=O) groups is 1. The second-order valence-corrected chi connectivity index (χ2v) is 5.58. The van der Waals surface area contributed by atoms with E-state index in [2.05, 4.69) is 16.3 Å². The minimum Gasteiger partial charge on any atom is -0.351 e. The van der Waals surface area contributed by atoms with E-state index >= 15 is 0 Å². The van der Waals surface area contributed by atoms with Crippen molar-refractivity contribution in [3.63, 3.8) is 0 Å². The Balaban J connectivity index is 1.83. The van der Waals surface area contributed by atoms with Crippen LogP contribution < -0.4 is 5.32 Å². The van der Waals surface area contributed by atoms with Crippen LogP contribution in [0.15, 0.2) is 34.9 Å². The van der Waals surface area contributed by atoms with E-state index in [-0.39, 0.29) is 11.9 Å². The van der Waals surface area contributed by atoms with Crippen molar-refractivity contribution >= 4 is 17.5 Å². The van der Waals surface area contributed by atoms with Gasteiger partial charge in [-0.15, -0.1) is 0 Å². The van der Waals surface area contributed by atoms with Gasteiger partial charge in [-0.25, -0.2) is 0 Å². The summed E-state index contributed by atoms with van der Waals surface area (Å²) >= 11 is 5.94. The van der Waals surface area contributed by atoms with Crippen LogP contribution in [0, 0.1) is 0 Å². The van der Waals surface area contributed by atoms with Gasteiger partial charge in [0.1, 0.15) is 0 Å². The maximum atomic E-state index is 12.2. The van der Waals surface area contributed by atoms with Gasteiger partial charge in [0.25, 0.3) is 0 Å². The van der Waals surface area contributed by atoms with Gasteiger partial charge in [-0.2, -0.15) is 0 Å². The second-order valence-electron chi connectivity index (χ2n) is 5.15. The number of halogens is 1. The number of rotatable bonds is 3. The van der Waals surface area contributed by atoms with Crippen molar-refractivity contribution in [1.82, 2.24) is 10.2 Å². The highest BCUT2D eigenvalue weighted by atomic mass is 35.5. The zero-order valence-electron chi connectivity index (χ0n) is 11.4. The van der Waals surface area contributed by atoms with E-state index in [0.29, 0.717) is 6.54 Å². The molecule has 1 aliphatic carbocycles. The number of hydrogen-bond donors (Lipinski definition) is 1. The number of carbonyl (C=O) groups excluding carboxylic acids is 1. The third-order valence-electron chi connectivity index (χ3n) is 3.69. The predicted molar refractivity (Wildman–Crippen MR) is 79.1 cm³/mol. The number of nitrogens with one attached hydrogen (secondary N) is 1. The highest BCUT2D eigenvalue weighted by molar-refractivity contribution is 6.31. The average molecular weight is 281 g/mol. The maximum absolute atomic E-state index is 12.2. The number of nitrogens with zero attached hydrogens (tertiary/aromatic N) is 1. The Morgan fingerprint density at radius 1 is 1.42 bits per heavy atom. The predicted octanol–water partition coefficient (Wildman–Crippen LogP) is 2.60. The molecule has 0 radical (unpaired) electrons. The largest absolute Gasteiger partial charge is 0.351 e. The second kappa shape index (κ2) is 6.92. The lowest BCUT2D eigenvalue weighted by atomic mass is 10.0. The summed E-state index contributed by atoms with van der Waals surface area (Å²) in [4.78, 5) is 14.3. The molecule has 0 aromatic rings. The Kier molecular flexibility index (Phi) is 5.23. The molecule has 1 heterocycles. The lowest BCUT2D eigenvalue weighted by Crippen LogP contribution is -2.47. The summed E-state index contributed by atoms with van der Waals surface area (Å²) in [5, 5.41) is 3.78. The summed E-state index contributed by atoms with van der Waals surface area (Å²) < 4.78 is 0. The molecule has 19 heavy (non-hydrogen) atoms. The van der Waals surface area contributed by atoms with E-state index in [4.69, 9.17) is 11.6 Å². The van der Waals surface area contributed by atoms with Crippen LogP contribution in [0.2, 0.25) is 0 Å². The summed E-state index contributed by atoms with van der Waals surface area (Å²) in [6.45, 7) is 1.60. The van der Waals surface area contributed by atoms with Crippen LogP contribution in [0.25, 0.3) is 0 Å². The first-order chi connectivity index (χ1) is 9.16. The summed E-state index contributed by atoms with van der Waals surface area (Å²) in [5.41, 5.74) is 1.11. The number of amides is 1. The van der Waals surface area contributed by atoms with Crippen LogP contribution >= 0.6 is 11.6 Å². The Morgan fingerprint density at radius 2 is 2.26 bits per heavy atom. The van der Waals surface area contributed by atoms with E-state index in [1.54, 1.807) is 0 Å². The third kappa shape index (κ3) is 4.22. The summed E-state index contributed by atoms with van der Waals surface area (Å²) in [6.07, 6.45) is 12.0. The fourth-order valence-electron chi connectivity index (χ4n) is 2.49. The van der Waals surface area contributed by atoms with Gasteiger partial charge < -0.3 is 5.32 Å². The quantitative estimate of drug-likeness (QED) is 0.862. The zero-order valence-corrected chi connectivity index (χ0v) is 12.1. The van der Waals surface area contributed by atoms with Crippen molar-refractivity contribution < 1.29 is 4.79 Å². The first kappa shape index (κ1) is 14.4. The molecular weight excluding hydrogens is 260 g/mol.